The number of rotatable bonds is 3. The Bertz CT molecular complexity index is 387. The van der Waals surface area contributed by atoms with Crippen molar-refractivity contribution in [2.24, 2.45) is 5.92 Å². The number of ether oxygens (including phenoxy) is 2. The zero-order chi connectivity index (χ0) is 11.4. The van der Waals surface area contributed by atoms with Crippen LogP contribution in [-0.2, 0) is 9.47 Å². The van der Waals surface area contributed by atoms with Crippen LogP contribution in [0.4, 0.5) is 0 Å². The maximum absolute atomic E-state index is 5.45. The van der Waals surface area contributed by atoms with Gasteiger partial charge in [0, 0.05) is 17.5 Å². The van der Waals surface area contributed by atoms with Gasteiger partial charge >= 0.3 is 0 Å². The molecule has 0 saturated carbocycles. The lowest BCUT2D eigenvalue weighted by molar-refractivity contribution is 0.0844. The van der Waals surface area contributed by atoms with E-state index in [1.165, 1.54) is 11.1 Å². The van der Waals surface area contributed by atoms with Crippen LogP contribution < -0.4 is 0 Å². The van der Waals surface area contributed by atoms with Gasteiger partial charge in [0.15, 0.2) is 0 Å². The van der Waals surface area contributed by atoms with Gasteiger partial charge in [-0.1, -0.05) is 34.1 Å². The summed E-state index contributed by atoms with van der Waals surface area (Å²) in [7, 11) is 1.73. The molecule has 1 aromatic rings. The Morgan fingerprint density at radius 3 is 3.12 bits per heavy atom. The molecule has 1 unspecified atom stereocenters. The van der Waals surface area contributed by atoms with Gasteiger partial charge in [0.05, 0.1) is 19.8 Å². The number of halogens is 1. The normalized spacial score (nSPS) is 20.6. The summed E-state index contributed by atoms with van der Waals surface area (Å²) in [6.45, 7) is 2.15. The van der Waals surface area contributed by atoms with Gasteiger partial charge in [0.2, 0.25) is 0 Å². The average Bonchev–Trinajstić information content (AvgIpc) is 2.30. The summed E-state index contributed by atoms with van der Waals surface area (Å²) >= 11 is 3.50. The molecule has 0 amide bonds. The summed E-state index contributed by atoms with van der Waals surface area (Å²) in [6, 6.07) is 8.36. The van der Waals surface area contributed by atoms with E-state index < -0.39 is 0 Å². The standard InChI is InChI=1S/C13H15BrO2/c1-15-8-11-9-16-6-5-13(11)10-3-2-4-12(14)7-10/h2-5,7,11H,6,8-9H2,1H3. The predicted octanol–water partition coefficient (Wildman–Crippen LogP) is 3.13. The minimum Gasteiger partial charge on any atom is -0.384 e. The smallest absolute Gasteiger partial charge is 0.0653 e. The van der Waals surface area contributed by atoms with Gasteiger partial charge in [-0.2, -0.15) is 0 Å². The highest BCUT2D eigenvalue weighted by atomic mass is 79.9. The second-order valence-electron chi connectivity index (χ2n) is 3.86. The molecule has 0 radical (unpaired) electrons. The molecular weight excluding hydrogens is 268 g/mol. The quantitative estimate of drug-likeness (QED) is 0.848. The van der Waals surface area contributed by atoms with E-state index >= 15 is 0 Å². The van der Waals surface area contributed by atoms with E-state index in [1.807, 2.05) is 6.07 Å². The zero-order valence-corrected chi connectivity index (χ0v) is 10.9. The molecule has 0 fully saturated rings. The van der Waals surface area contributed by atoms with E-state index in [0.717, 1.165) is 11.1 Å². The molecule has 0 spiro atoms. The van der Waals surface area contributed by atoms with Crippen molar-refractivity contribution in [3.05, 3.63) is 40.4 Å². The first-order valence-electron chi connectivity index (χ1n) is 5.34. The second kappa shape index (κ2) is 5.62. The lowest BCUT2D eigenvalue weighted by Gasteiger charge is -2.24. The van der Waals surface area contributed by atoms with Gasteiger partial charge in [-0.15, -0.1) is 0 Å². The topological polar surface area (TPSA) is 18.5 Å². The van der Waals surface area contributed by atoms with Crippen molar-refractivity contribution in [3.8, 4) is 0 Å². The van der Waals surface area contributed by atoms with E-state index in [4.69, 9.17) is 9.47 Å². The van der Waals surface area contributed by atoms with Gasteiger partial charge < -0.3 is 9.47 Å². The third-order valence-corrected chi connectivity index (χ3v) is 3.20. The molecule has 2 nitrogen and oxygen atoms in total. The van der Waals surface area contributed by atoms with Crippen LogP contribution in [0.3, 0.4) is 0 Å². The van der Waals surface area contributed by atoms with Crippen molar-refractivity contribution in [2.75, 3.05) is 26.9 Å². The molecule has 1 aromatic carbocycles. The predicted molar refractivity (Wildman–Crippen MR) is 68.3 cm³/mol. The first-order chi connectivity index (χ1) is 7.81. The fraction of sp³-hybridized carbons (Fsp3) is 0.385. The molecule has 2 rings (SSSR count). The first kappa shape index (κ1) is 11.8. The van der Waals surface area contributed by atoms with Crippen LogP contribution in [0.1, 0.15) is 5.56 Å². The molecule has 86 valence electrons. The molecule has 0 aromatic heterocycles. The number of hydrogen-bond donors (Lipinski definition) is 0. The van der Waals surface area contributed by atoms with E-state index in [2.05, 4.69) is 40.2 Å². The van der Waals surface area contributed by atoms with E-state index in [-0.39, 0.29) is 0 Å². The molecule has 16 heavy (non-hydrogen) atoms. The monoisotopic (exact) mass is 282 g/mol. The van der Waals surface area contributed by atoms with E-state index in [1.54, 1.807) is 7.11 Å². The van der Waals surface area contributed by atoms with Crippen LogP contribution in [0.25, 0.3) is 5.57 Å². The summed E-state index contributed by atoms with van der Waals surface area (Å²) in [5.41, 5.74) is 2.58. The fourth-order valence-electron chi connectivity index (χ4n) is 1.98. The highest BCUT2D eigenvalue weighted by Crippen LogP contribution is 2.28. The molecule has 1 aliphatic heterocycles. The fourth-order valence-corrected chi connectivity index (χ4v) is 2.38. The number of benzene rings is 1. The Morgan fingerprint density at radius 2 is 2.38 bits per heavy atom. The maximum Gasteiger partial charge on any atom is 0.0653 e. The third-order valence-electron chi connectivity index (χ3n) is 2.71. The molecule has 1 atom stereocenters. The molecule has 0 N–H and O–H groups in total. The molecule has 0 saturated heterocycles. The number of hydrogen-bond acceptors (Lipinski definition) is 2. The maximum atomic E-state index is 5.45. The summed E-state index contributed by atoms with van der Waals surface area (Å²) < 4.78 is 11.8. The molecule has 0 bridgehead atoms. The summed E-state index contributed by atoms with van der Waals surface area (Å²) in [5, 5.41) is 0. The lowest BCUT2D eigenvalue weighted by Crippen LogP contribution is -2.21. The van der Waals surface area contributed by atoms with Crippen LogP contribution in [0.5, 0.6) is 0 Å². The molecule has 1 heterocycles. The minimum absolute atomic E-state index is 0.341. The van der Waals surface area contributed by atoms with Crippen molar-refractivity contribution in [2.45, 2.75) is 0 Å². The Labute approximate surface area is 104 Å². The van der Waals surface area contributed by atoms with E-state index in [0.29, 0.717) is 19.1 Å². The van der Waals surface area contributed by atoms with Crippen LogP contribution >= 0.6 is 15.9 Å². The van der Waals surface area contributed by atoms with Gasteiger partial charge in [0.25, 0.3) is 0 Å². The van der Waals surface area contributed by atoms with Crippen molar-refractivity contribution in [3.63, 3.8) is 0 Å². The second-order valence-corrected chi connectivity index (χ2v) is 4.78. The molecule has 1 aliphatic rings. The van der Waals surface area contributed by atoms with Crippen LogP contribution in [-0.4, -0.2) is 26.9 Å². The van der Waals surface area contributed by atoms with Crippen molar-refractivity contribution >= 4 is 21.5 Å². The summed E-state index contributed by atoms with van der Waals surface area (Å²) in [5.74, 6) is 0.341. The SMILES string of the molecule is COCC1COCC=C1c1cccc(Br)c1. The zero-order valence-electron chi connectivity index (χ0n) is 9.28. The number of methoxy groups -OCH3 is 1. The average molecular weight is 283 g/mol. The summed E-state index contributed by atoms with van der Waals surface area (Å²) in [4.78, 5) is 0. The largest absolute Gasteiger partial charge is 0.384 e. The Morgan fingerprint density at radius 1 is 1.50 bits per heavy atom. The summed E-state index contributed by atoms with van der Waals surface area (Å²) in [6.07, 6.45) is 2.15. The molecule has 0 aliphatic carbocycles. The van der Waals surface area contributed by atoms with Crippen molar-refractivity contribution in [1.29, 1.82) is 0 Å². The Hall–Kier alpha value is -0.640. The highest BCUT2D eigenvalue weighted by Gasteiger charge is 2.19. The lowest BCUT2D eigenvalue weighted by atomic mass is 9.92. The molecular formula is C13H15BrO2. The van der Waals surface area contributed by atoms with Crippen LogP contribution in [0.15, 0.2) is 34.8 Å². The van der Waals surface area contributed by atoms with E-state index in [9.17, 15) is 0 Å². The van der Waals surface area contributed by atoms with Gasteiger partial charge in [0.1, 0.15) is 0 Å². The third kappa shape index (κ3) is 2.73. The van der Waals surface area contributed by atoms with Crippen molar-refractivity contribution in [1.82, 2.24) is 0 Å². The van der Waals surface area contributed by atoms with Crippen LogP contribution in [0, 0.1) is 5.92 Å². The Balaban J connectivity index is 2.26. The van der Waals surface area contributed by atoms with Crippen molar-refractivity contribution < 1.29 is 9.47 Å². The van der Waals surface area contributed by atoms with Gasteiger partial charge in [-0.3, -0.25) is 0 Å². The van der Waals surface area contributed by atoms with Gasteiger partial charge in [-0.05, 0) is 23.3 Å². The highest BCUT2D eigenvalue weighted by molar-refractivity contribution is 9.10. The van der Waals surface area contributed by atoms with Gasteiger partial charge in [-0.25, -0.2) is 0 Å². The van der Waals surface area contributed by atoms with Crippen LogP contribution in [0.2, 0.25) is 0 Å². The first-order valence-corrected chi connectivity index (χ1v) is 6.13. The minimum atomic E-state index is 0.341. The molecule has 3 heteroatoms. The Kier molecular flexibility index (Phi) is 4.16.